The van der Waals surface area contributed by atoms with Crippen molar-refractivity contribution in [2.75, 3.05) is 0 Å². The lowest BCUT2D eigenvalue weighted by Gasteiger charge is -2.15. The average Bonchev–Trinajstić information content (AvgIpc) is 2.39. The zero-order valence-electron chi connectivity index (χ0n) is 10.2. The van der Waals surface area contributed by atoms with Gasteiger partial charge in [0.2, 0.25) is 0 Å². The Kier molecular flexibility index (Phi) is 3.52. The van der Waals surface area contributed by atoms with Crippen LogP contribution in [0.1, 0.15) is 31.7 Å². The number of halogens is 1. The molecule has 0 N–H and O–H groups in total. The van der Waals surface area contributed by atoms with Gasteiger partial charge in [0.05, 0.1) is 0 Å². The maximum absolute atomic E-state index is 13.4. The molecule has 2 heteroatoms. The van der Waals surface area contributed by atoms with E-state index in [0.717, 1.165) is 17.5 Å². The molecule has 1 aromatic carbocycles. The Bertz CT molecular complexity index is 494. The predicted octanol–water partition coefficient (Wildman–Crippen LogP) is 4.40. The van der Waals surface area contributed by atoms with Gasteiger partial charge in [-0.2, -0.15) is 0 Å². The Morgan fingerprint density at radius 1 is 1.18 bits per heavy atom. The summed E-state index contributed by atoms with van der Waals surface area (Å²) in [5.74, 6) is 0.239. The van der Waals surface area contributed by atoms with E-state index in [1.165, 1.54) is 11.6 Å². The minimum atomic E-state index is -0.191. The van der Waals surface area contributed by atoms with E-state index in [4.69, 9.17) is 0 Å². The zero-order valence-corrected chi connectivity index (χ0v) is 10.2. The molecule has 0 saturated heterocycles. The molecule has 0 aliphatic rings. The zero-order chi connectivity index (χ0) is 12.3. The van der Waals surface area contributed by atoms with E-state index < -0.39 is 0 Å². The molecule has 1 aromatic heterocycles. The second-order valence-corrected chi connectivity index (χ2v) is 4.28. The quantitative estimate of drug-likeness (QED) is 0.760. The van der Waals surface area contributed by atoms with Gasteiger partial charge in [-0.1, -0.05) is 19.9 Å². The van der Waals surface area contributed by atoms with Crippen LogP contribution in [0.4, 0.5) is 4.39 Å². The lowest BCUT2D eigenvalue weighted by Crippen LogP contribution is -1.96. The first-order valence-corrected chi connectivity index (χ1v) is 5.92. The maximum Gasteiger partial charge on any atom is 0.123 e. The molecule has 1 unspecified atom stereocenters. The van der Waals surface area contributed by atoms with E-state index in [0.29, 0.717) is 5.92 Å². The summed E-state index contributed by atoms with van der Waals surface area (Å²) in [6.45, 7) is 4.31. The molecule has 0 bridgehead atoms. The van der Waals surface area contributed by atoms with E-state index in [-0.39, 0.29) is 5.82 Å². The molecule has 1 atom stereocenters. The van der Waals surface area contributed by atoms with E-state index in [1.807, 2.05) is 18.2 Å². The predicted molar refractivity (Wildman–Crippen MR) is 68.3 cm³/mol. The van der Waals surface area contributed by atoms with Gasteiger partial charge in [0.25, 0.3) is 0 Å². The van der Waals surface area contributed by atoms with Crippen LogP contribution in [0.2, 0.25) is 0 Å². The first-order valence-electron chi connectivity index (χ1n) is 5.92. The van der Waals surface area contributed by atoms with Crippen LogP contribution < -0.4 is 0 Å². The first kappa shape index (κ1) is 11.8. The van der Waals surface area contributed by atoms with Crippen LogP contribution in [0.25, 0.3) is 11.1 Å². The normalized spacial score (nSPS) is 12.4. The summed E-state index contributed by atoms with van der Waals surface area (Å²) in [5, 5.41) is 0. The molecular weight excluding hydrogens is 213 g/mol. The van der Waals surface area contributed by atoms with E-state index in [2.05, 4.69) is 18.8 Å². The molecule has 0 amide bonds. The third kappa shape index (κ3) is 2.52. The maximum atomic E-state index is 13.4. The summed E-state index contributed by atoms with van der Waals surface area (Å²) < 4.78 is 13.4. The van der Waals surface area contributed by atoms with Crippen molar-refractivity contribution < 1.29 is 4.39 Å². The van der Waals surface area contributed by atoms with E-state index in [9.17, 15) is 4.39 Å². The third-order valence-electron chi connectivity index (χ3n) is 3.15. The van der Waals surface area contributed by atoms with Crippen LogP contribution in [-0.4, -0.2) is 4.98 Å². The lowest BCUT2D eigenvalue weighted by molar-refractivity contribution is 0.625. The molecule has 17 heavy (non-hydrogen) atoms. The topological polar surface area (TPSA) is 12.9 Å². The monoisotopic (exact) mass is 229 g/mol. The fourth-order valence-corrected chi connectivity index (χ4v) is 1.96. The summed E-state index contributed by atoms with van der Waals surface area (Å²) >= 11 is 0. The van der Waals surface area contributed by atoms with Crippen LogP contribution in [0.5, 0.6) is 0 Å². The Labute approximate surface area is 101 Å². The highest BCUT2D eigenvalue weighted by Crippen LogP contribution is 2.31. The van der Waals surface area contributed by atoms with Gasteiger partial charge in [-0.15, -0.1) is 0 Å². The van der Waals surface area contributed by atoms with Gasteiger partial charge in [-0.3, -0.25) is 4.98 Å². The molecule has 0 fully saturated rings. The number of hydrogen-bond acceptors (Lipinski definition) is 1. The van der Waals surface area contributed by atoms with Gasteiger partial charge in [0, 0.05) is 12.4 Å². The van der Waals surface area contributed by atoms with Crippen molar-refractivity contribution in [2.24, 2.45) is 0 Å². The largest absolute Gasteiger partial charge is 0.265 e. The van der Waals surface area contributed by atoms with Crippen LogP contribution in [-0.2, 0) is 0 Å². The molecule has 0 saturated carbocycles. The van der Waals surface area contributed by atoms with Crippen LogP contribution >= 0.6 is 0 Å². The summed E-state index contributed by atoms with van der Waals surface area (Å²) in [6.07, 6.45) is 4.52. The number of nitrogens with zero attached hydrogens (tertiary/aromatic N) is 1. The van der Waals surface area contributed by atoms with Gasteiger partial charge < -0.3 is 0 Å². The molecule has 1 nitrogen and oxygen atoms in total. The van der Waals surface area contributed by atoms with Crippen LogP contribution in [0.3, 0.4) is 0 Å². The van der Waals surface area contributed by atoms with Crippen LogP contribution in [0, 0.1) is 5.82 Å². The van der Waals surface area contributed by atoms with Crippen molar-refractivity contribution in [3.63, 3.8) is 0 Å². The van der Waals surface area contributed by atoms with E-state index in [1.54, 1.807) is 18.5 Å². The Hall–Kier alpha value is -1.70. The number of hydrogen-bond donors (Lipinski definition) is 0. The number of pyridine rings is 1. The highest BCUT2D eigenvalue weighted by molar-refractivity contribution is 5.67. The lowest BCUT2D eigenvalue weighted by atomic mass is 9.90. The summed E-state index contributed by atoms with van der Waals surface area (Å²) in [5.41, 5.74) is 3.19. The van der Waals surface area contributed by atoms with Gasteiger partial charge >= 0.3 is 0 Å². The van der Waals surface area contributed by atoms with Crippen molar-refractivity contribution in [3.05, 3.63) is 54.1 Å². The Balaban J connectivity index is 2.55. The van der Waals surface area contributed by atoms with Gasteiger partial charge in [-0.25, -0.2) is 4.39 Å². The summed E-state index contributed by atoms with van der Waals surface area (Å²) in [4.78, 5) is 3.99. The first-order chi connectivity index (χ1) is 8.22. The molecule has 2 aromatic rings. The Morgan fingerprint density at radius 3 is 2.53 bits per heavy atom. The molecule has 88 valence electrons. The highest BCUT2D eigenvalue weighted by atomic mass is 19.1. The SMILES string of the molecule is CCC(C)c1ccc(F)cc1-c1ccncc1. The second-order valence-electron chi connectivity index (χ2n) is 4.28. The molecule has 0 aliphatic carbocycles. The number of rotatable bonds is 3. The van der Waals surface area contributed by atoms with Crippen molar-refractivity contribution in [2.45, 2.75) is 26.2 Å². The fourth-order valence-electron chi connectivity index (χ4n) is 1.96. The molecule has 0 spiro atoms. The molecule has 1 heterocycles. The molecule has 2 rings (SSSR count). The smallest absolute Gasteiger partial charge is 0.123 e. The number of aromatic nitrogens is 1. The summed E-state index contributed by atoms with van der Waals surface area (Å²) in [6, 6.07) is 8.86. The van der Waals surface area contributed by atoms with Crippen molar-refractivity contribution in [3.8, 4) is 11.1 Å². The Morgan fingerprint density at radius 2 is 1.88 bits per heavy atom. The molecule has 0 aliphatic heterocycles. The molecule has 0 radical (unpaired) electrons. The standard InChI is InChI=1S/C15H16FN/c1-3-11(2)14-5-4-13(16)10-15(14)12-6-8-17-9-7-12/h4-11H,3H2,1-2H3. The summed E-state index contributed by atoms with van der Waals surface area (Å²) in [7, 11) is 0. The third-order valence-corrected chi connectivity index (χ3v) is 3.15. The van der Waals surface area contributed by atoms with Gasteiger partial charge in [0.15, 0.2) is 0 Å². The molecular formula is C15H16FN. The minimum absolute atomic E-state index is 0.191. The van der Waals surface area contributed by atoms with E-state index >= 15 is 0 Å². The van der Waals surface area contributed by atoms with Crippen molar-refractivity contribution in [1.29, 1.82) is 0 Å². The van der Waals surface area contributed by atoms with Crippen molar-refractivity contribution >= 4 is 0 Å². The van der Waals surface area contributed by atoms with Gasteiger partial charge in [-0.05, 0) is 53.3 Å². The van der Waals surface area contributed by atoms with Crippen molar-refractivity contribution in [1.82, 2.24) is 4.98 Å². The highest BCUT2D eigenvalue weighted by Gasteiger charge is 2.11. The van der Waals surface area contributed by atoms with Gasteiger partial charge in [0.1, 0.15) is 5.82 Å². The fraction of sp³-hybridized carbons (Fsp3) is 0.267. The minimum Gasteiger partial charge on any atom is -0.265 e. The second kappa shape index (κ2) is 5.09. The number of benzene rings is 1. The average molecular weight is 229 g/mol. The van der Waals surface area contributed by atoms with Crippen LogP contribution in [0.15, 0.2) is 42.7 Å².